The Morgan fingerprint density at radius 1 is 1.00 bits per heavy atom. The zero-order valence-electron chi connectivity index (χ0n) is 23.6. The third-order valence-corrected chi connectivity index (χ3v) is 7.18. The smallest absolute Gasteiger partial charge is 0.459 e. The normalized spacial score (nSPS) is 16.6. The first-order valence-electron chi connectivity index (χ1n) is 13.6. The van der Waals surface area contributed by atoms with Gasteiger partial charge in [0, 0.05) is 18.5 Å². The van der Waals surface area contributed by atoms with E-state index in [0.717, 1.165) is 16.7 Å². The molecular formula is C31H25F3N4O7. The van der Waals surface area contributed by atoms with E-state index in [-0.39, 0.29) is 48.3 Å². The van der Waals surface area contributed by atoms with Gasteiger partial charge in [0.15, 0.2) is 0 Å². The molecule has 2 heterocycles. The summed E-state index contributed by atoms with van der Waals surface area (Å²) in [5.41, 5.74) is -1.54. The fourth-order valence-corrected chi connectivity index (χ4v) is 5.04. The summed E-state index contributed by atoms with van der Waals surface area (Å²) in [6.07, 6.45) is -5.43. The molecule has 1 aromatic heterocycles. The van der Waals surface area contributed by atoms with E-state index in [9.17, 15) is 37.1 Å². The number of fused-ring (bicyclic) bond motifs is 1. The van der Waals surface area contributed by atoms with Crippen molar-refractivity contribution in [2.24, 2.45) is 0 Å². The van der Waals surface area contributed by atoms with Gasteiger partial charge in [-0.2, -0.15) is 0 Å². The summed E-state index contributed by atoms with van der Waals surface area (Å²) < 4.78 is 47.5. The Balaban J connectivity index is 1.43. The van der Waals surface area contributed by atoms with E-state index in [4.69, 9.17) is 4.74 Å². The van der Waals surface area contributed by atoms with E-state index in [1.54, 1.807) is 36.4 Å². The Labute approximate surface area is 253 Å². The lowest BCUT2D eigenvalue weighted by atomic mass is 9.87. The first-order valence-corrected chi connectivity index (χ1v) is 13.6. The first-order chi connectivity index (χ1) is 21.4. The first kappa shape index (κ1) is 30.9. The van der Waals surface area contributed by atoms with Crippen molar-refractivity contribution in [2.45, 2.75) is 44.8 Å². The number of aryl methyl sites for hydroxylation is 1. The van der Waals surface area contributed by atoms with Gasteiger partial charge in [0.25, 0.3) is 17.4 Å². The van der Waals surface area contributed by atoms with Crippen LogP contribution in [0.15, 0.2) is 77.6 Å². The summed E-state index contributed by atoms with van der Waals surface area (Å²) in [7, 11) is 0. The molecule has 1 unspecified atom stereocenters. The lowest BCUT2D eigenvalue weighted by molar-refractivity contribution is -0.274. The van der Waals surface area contributed by atoms with E-state index in [1.807, 2.05) is 0 Å². The molecule has 1 atom stereocenters. The van der Waals surface area contributed by atoms with Gasteiger partial charge in [-0.05, 0) is 60.9 Å². The van der Waals surface area contributed by atoms with E-state index < -0.39 is 46.9 Å². The molecule has 4 aromatic rings. The van der Waals surface area contributed by atoms with Crippen LogP contribution in [0, 0.1) is 6.92 Å². The Kier molecular flexibility index (Phi) is 8.40. The number of piperidine rings is 1. The van der Waals surface area contributed by atoms with Gasteiger partial charge in [-0.1, -0.05) is 36.4 Å². The van der Waals surface area contributed by atoms with Crippen molar-refractivity contribution in [3.05, 3.63) is 106 Å². The molecule has 3 amide bonds. The maximum absolute atomic E-state index is 14.0. The lowest BCUT2D eigenvalue weighted by Gasteiger charge is -2.35. The number of alkyl halides is 3. The van der Waals surface area contributed by atoms with Crippen LogP contribution in [0.3, 0.4) is 0 Å². The average molecular weight is 623 g/mol. The van der Waals surface area contributed by atoms with Crippen LogP contribution in [-0.4, -0.2) is 39.6 Å². The number of benzene rings is 3. The molecule has 14 heteroatoms. The van der Waals surface area contributed by atoms with Crippen molar-refractivity contribution in [3.63, 3.8) is 0 Å². The number of ether oxygens (including phenoxy) is 2. The van der Waals surface area contributed by atoms with E-state index in [0.29, 0.717) is 11.1 Å². The number of nitrogens with zero attached hydrogens (tertiary/aromatic N) is 2. The maximum atomic E-state index is 14.0. The van der Waals surface area contributed by atoms with Crippen molar-refractivity contribution in [1.29, 1.82) is 0 Å². The molecule has 5 rings (SSSR count). The molecule has 1 saturated heterocycles. The highest BCUT2D eigenvalue weighted by Crippen LogP contribution is 2.30. The van der Waals surface area contributed by atoms with Crippen LogP contribution in [0.5, 0.6) is 5.75 Å². The molecule has 0 saturated carbocycles. The number of esters is 1. The van der Waals surface area contributed by atoms with E-state index >= 15 is 0 Å². The monoisotopic (exact) mass is 622 g/mol. The summed E-state index contributed by atoms with van der Waals surface area (Å²) in [6, 6.07) is 17.6. The quantitative estimate of drug-likeness (QED) is 0.173. The SMILES string of the molecule is Cc1nc2ccc(CNC(=O)c3ccc(OC(F)(F)F)cc3)cc2c(=O)n1C1(C(=O)OCc2ccccc2)CCC(=O)NC1=O. The van der Waals surface area contributed by atoms with E-state index in [1.165, 1.54) is 31.2 Å². The van der Waals surface area contributed by atoms with Gasteiger partial charge in [-0.15, -0.1) is 13.2 Å². The van der Waals surface area contributed by atoms with Crippen molar-refractivity contribution >= 4 is 34.6 Å². The molecule has 232 valence electrons. The van der Waals surface area contributed by atoms with Crippen LogP contribution in [0.1, 0.15) is 40.2 Å². The van der Waals surface area contributed by atoms with Crippen LogP contribution in [-0.2, 0) is 37.8 Å². The minimum Gasteiger partial charge on any atom is -0.459 e. The third kappa shape index (κ3) is 6.54. The summed E-state index contributed by atoms with van der Waals surface area (Å²) in [5.74, 6) is -3.70. The highest BCUT2D eigenvalue weighted by molar-refractivity contribution is 6.13. The molecule has 1 aliphatic heterocycles. The van der Waals surface area contributed by atoms with Crippen molar-refractivity contribution in [2.75, 3.05) is 0 Å². The number of hydrogen-bond donors (Lipinski definition) is 2. The van der Waals surface area contributed by atoms with Crippen LogP contribution >= 0.6 is 0 Å². The van der Waals surface area contributed by atoms with Gasteiger partial charge in [-0.3, -0.25) is 29.1 Å². The number of hydrogen-bond acceptors (Lipinski definition) is 8. The Bertz CT molecular complexity index is 1860. The molecule has 3 aromatic carbocycles. The highest BCUT2D eigenvalue weighted by Gasteiger charge is 2.54. The minimum absolute atomic E-state index is 0.0286. The Morgan fingerprint density at radius 3 is 2.38 bits per heavy atom. The second-order valence-corrected chi connectivity index (χ2v) is 10.2. The predicted octanol–water partition coefficient (Wildman–Crippen LogP) is 3.41. The number of imide groups is 1. The predicted molar refractivity (Wildman–Crippen MR) is 152 cm³/mol. The van der Waals surface area contributed by atoms with Gasteiger partial charge in [0.2, 0.25) is 11.4 Å². The van der Waals surface area contributed by atoms with Gasteiger partial charge >= 0.3 is 12.3 Å². The zero-order chi connectivity index (χ0) is 32.4. The number of carbonyl (C=O) groups excluding carboxylic acids is 4. The average Bonchev–Trinajstić information content (AvgIpc) is 3.00. The number of nitrogens with one attached hydrogen (secondary N) is 2. The molecule has 1 aliphatic rings. The number of rotatable bonds is 8. The topological polar surface area (TPSA) is 146 Å². The largest absolute Gasteiger partial charge is 0.573 e. The summed E-state index contributed by atoms with van der Waals surface area (Å²) >= 11 is 0. The third-order valence-electron chi connectivity index (χ3n) is 7.18. The number of carbonyl (C=O) groups is 4. The fourth-order valence-electron chi connectivity index (χ4n) is 5.04. The van der Waals surface area contributed by atoms with Crippen LogP contribution in [0.25, 0.3) is 10.9 Å². The van der Waals surface area contributed by atoms with Gasteiger partial charge in [0.05, 0.1) is 10.9 Å². The second-order valence-electron chi connectivity index (χ2n) is 10.2. The summed E-state index contributed by atoms with van der Waals surface area (Å²) in [4.78, 5) is 70.1. The molecule has 0 bridgehead atoms. The van der Waals surface area contributed by atoms with Crippen LogP contribution in [0.2, 0.25) is 0 Å². The Hall–Kier alpha value is -5.53. The van der Waals surface area contributed by atoms with Crippen molar-refractivity contribution in [3.8, 4) is 5.75 Å². The standard InChI is InChI=1S/C31H25F3N4O7/c1-18-36-24-12-7-20(16-35-26(40)21-8-10-22(11-9-21)45-31(32,33)34)15-23(24)27(41)38(18)30(14-13-25(39)37-28(30)42)29(43)44-17-19-5-3-2-4-6-19/h2-12,15H,13-14,16-17H2,1H3,(H,35,40)(H,37,39,42). The second kappa shape index (κ2) is 12.2. The zero-order valence-corrected chi connectivity index (χ0v) is 23.6. The van der Waals surface area contributed by atoms with Crippen LogP contribution < -0.4 is 20.9 Å². The molecule has 0 radical (unpaired) electrons. The Morgan fingerprint density at radius 2 is 1.71 bits per heavy atom. The fraction of sp³-hybridized carbons (Fsp3) is 0.226. The van der Waals surface area contributed by atoms with Gasteiger partial charge in [0.1, 0.15) is 18.2 Å². The number of halogens is 3. The maximum Gasteiger partial charge on any atom is 0.573 e. The molecule has 0 spiro atoms. The molecular weight excluding hydrogens is 597 g/mol. The highest BCUT2D eigenvalue weighted by atomic mass is 19.4. The molecule has 2 N–H and O–H groups in total. The van der Waals surface area contributed by atoms with Gasteiger partial charge < -0.3 is 14.8 Å². The van der Waals surface area contributed by atoms with Crippen LogP contribution in [0.4, 0.5) is 13.2 Å². The summed E-state index contributed by atoms with van der Waals surface area (Å²) in [6.45, 7) is 1.19. The van der Waals surface area contributed by atoms with Gasteiger partial charge in [-0.25, -0.2) is 9.78 Å². The molecule has 1 fully saturated rings. The minimum atomic E-state index is -4.87. The number of amides is 3. The van der Waals surface area contributed by atoms with Crippen molar-refractivity contribution in [1.82, 2.24) is 20.2 Å². The van der Waals surface area contributed by atoms with Crippen molar-refractivity contribution < 1.29 is 41.8 Å². The number of aromatic nitrogens is 2. The lowest BCUT2D eigenvalue weighted by Crippen LogP contribution is -2.62. The molecule has 45 heavy (non-hydrogen) atoms. The molecule has 11 nitrogen and oxygen atoms in total. The van der Waals surface area contributed by atoms with E-state index in [2.05, 4.69) is 20.4 Å². The molecule has 0 aliphatic carbocycles. The summed E-state index contributed by atoms with van der Waals surface area (Å²) in [5, 5.41) is 4.80.